The number of aryl methyl sites for hydroxylation is 1. The monoisotopic (exact) mass is 241 g/mol. The molecule has 1 aromatic carbocycles. The van der Waals surface area contributed by atoms with Crippen LogP contribution in [0.3, 0.4) is 0 Å². The molecule has 0 bridgehead atoms. The molecular formula is C12H20ClN3. The molecular weight excluding hydrogens is 222 g/mol. The Balaban J connectivity index is 0.00000225. The molecule has 0 radical (unpaired) electrons. The number of benzene rings is 1. The van der Waals surface area contributed by atoms with Gasteiger partial charge < -0.3 is 11.1 Å². The topological polar surface area (TPSA) is 50.4 Å². The minimum atomic E-state index is 0. The zero-order valence-electron chi connectivity index (χ0n) is 10.2. The van der Waals surface area contributed by atoms with Crippen LogP contribution in [0, 0.1) is 13.8 Å². The number of rotatable bonds is 2. The summed E-state index contributed by atoms with van der Waals surface area (Å²) in [7, 11) is 0. The van der Waals surface area contributed by atoms with E-state index in [2.05, 4.69) is 30.2 Å². The van der Waals surface area contributed by atoms with E-state index in [9.17, 15) is 0 Å². The smallest absolute Gasteiger partial charge is 0.193 e. The van der Waals surface area contributed by atoms with Crippen LogP contribution in [0.15, 0.2) is 23.2 Å². The maximum Gasteiger partial charge on any atom is 0.193 e. The summed E-state index contributed by atoms with van der Waals surface area (Å²) in [5.41, 5.74) is 9.24. The first-order valence-electron chi connectivity index (χ1n) is 5.17. The summed E-state index contributed by atoms with van der Waals surface area (Å²) in [5, 5.41) is 3.11. The van der Waals surface area contributed by atoms with Crippen molar-refractivity contribution in [1.29, 1.82) is 0 Å². The van der Waals surface area contributed by atoms with Gasteiger partial charge in [-0.25, -0.2) is 0 Å². The van der Waals surface area contributed by atoms with Crippen LogP contribution in [0.25, 0.3) is 0 Å². The lowest BCUT2D eigenvalue weighted by Crippen LogP contribution is -2.24. The minimum absolute atomic E-state index is 0. The molecule has 0 aliphatic heterocycles. The Bertz CT molecular complexity index is 373. The number of halogens is 1. The van der Waals surface area contributed by atoms with Crippen molar-refractivity contribution in [3.63, 3.8) is 0 Å². The Kier molecular flexibility index (Phi) is 5.89. The summed E-state index contributed by atoms with van der Waals surface area (Å²) in [6.45, 7) is 8.14. The highest BCUT2D eigenvalue weighted by Crippen LogP contribution is 2.17. The first-order valence-corrected chi connectivity index (χ1v) is 5.17. The van der Waals surface area contributed by atoms with Crippen molar-refractivity contribution in [3.05, 3.63) is 29.3 Å². The quantitative estimate of drug-likeness (QED) is 0.618. The Hall–Kier alpha value is -1.22. The Morgan fingerprint density at radius 1 is 1.31 bits per heavy atom. The average Bonchev–Trinajstić information content (AvgIpc) is 2.11. The predicted octanol–water partition coefficient (Wildman–Crippen LogP) is 2.86. The Morgan fingerprint density at radius 3 is 2.50 bits per heavy atom. The number of nitrogens with zero attached hydrogens (tertiary/aromatic N) is 1. The van der Waals surface area contributed by atoms with E-state index in [0.717, 1.165) is 5.69 Å². The van der Waals surface area contributed by atoms with Crippen LogP contribution in [-0.2, 0) is 0 Å². The van der Waals surface area contributed by atoms with Gasteiger partial charge in [-0.3, -0.25) is 4.99 Å². The first-order chi connectivity index (χ1) is 7.00. The Morgan fingerprint density at radius 2 is 1.94 bits per heavy atom. The highest BCUT2D eigenvalue weighted by atomic mass is 35.5. The number of nitrogens with two attached hydrogens (primary N) is 1. The third kappa shape index (κ3) is 4.11. The number of hydrogen-bond donors (Lipinski definition) is 2. The van der Waals surface area contributed by atoms with Crippen LogP contribution in [0.2, 0.25) is 0 Å². The van der Waals surface area contributed by atoms with Crippen molar-refractivity contribution in [3.8, 4) is 0 Å². The molecule has 16 heavy (non-hydrogen) atoms. The molecule has 0 saturated heterocycles. The molecule has 0 amide bonds. The molecule has 0 aromatic heterocycles. The average molecular weight is 242 g/mol. The van der Waals surface area contributed by atoms with Crippen LogP contribution in [0.4, 0.5) is 5.69 Å². The van der Waals surface area contributed by atoms with Gasteiger partial charge in [-0.05, 0) is 44.9 Å². The van der Waals surface area contributed by atoms with E-state index < -0.39 is 0 Å². The molecule has 4 heteroatoms. The van der Waals surface area contributed by atoms with Crippen LogP contribution in [0.5, 0.6) is 0 Å². The van der Waals surface area contributed by atoms with Gasteiger partial charge in [-0.1, -0.05) is 12.1 Å². The van der Waals surface area contributed by atoms with Crippen molar-refractivity contribution < 1.29 is 0 Å². The SMILES string of the molecule is Cc1cccc(NC(N)=NC(C)C)c1C.Cl. The molecule has 90 valence electrons. The van der Waals surface area contributed by atoms with Crippen LogP contribution in [-0.4, -0.2) is 12.0 Å². The zero-order chi connectivity index (χ0) is 11.4. The third-order valence-electron chi connectivity index (χ3n) is 2.26. The largest absolute Gasteiger partial charge is 0.370 e. The van der Waals surface area contributed by atoms with Gasteiger partial charge >= 0.3 is 0 Å². The summed E-state index contributed by atoms with van der Waals surface area (Å²) in [5.74, 6) is 0.471. The van der Waals surface area contributed by atoms with Gasteiger partial charge in [0.2, 0.25) is 0 Å². The second-order valence-electron chi connectivity index (χ2n) is 3.98. The van der Waals surface area contributed by atoms with Crippen LogP contribution in [0.1, 0.15) is 25.0 Å². The summed E-state index contributed by atoms with van der Waals surface area (Å²) in [6.07, 6.45) is 0. The van der Waals surface area contributed by atoms with Crippen molar-refractivity contribution in [1.82, 2.24) is 0 Å². The van der Waals surface area contributed by atoms with E-state index in [1.807, 2.05) is 26.0 Å². The number of guanidine groups is 1. The molecule has 0 spiro atoms. The van der Waals surface area contributed by atoms with E-state index in [-0.39, 0.29) is 18.4 Å². The highest BCUT2D eigenvalue weighted by molar-refractivity contribution is 5.93. The number of hydrogen-bond acceptors (Lipinski definition) is 1. The standard InChI is InChI=1S/C12H19N3.ClH/c1-8(2)14-12(13)15-11-7-5-6-9(3)10(11)4;/h5-8H,1-4H3,(H3,13,14,15);1H. The zero-order valence-corrected chi connectivity index (χ0v) is 11.1. The number of nitrogens with one attached hydrogen (secondary N) is 1. The van der Waals surface area contributed by atoms with Gasteiger partial charge in [0.15, 0.2) is 5.96 Å². The molecule has 0 heterocycles. The third-order valence-corrected chi connectivity index (χ3v) is 2.26. The molecule has 0 aliphatic rings. The predicted molar refractivity (Wildman–Crippen MR) is 73.5 cm³/mol. The number of anilines is 1. The van der Waals surface area contributed by atoms with Gasteiger partial charge in [-0.2, -0.15) is 0 Å². The maximum absolute atomic E-state index is 5.76. The summed E-state index contributed by atoms with van der Waals surface area (Å²) >= 11 is 0. The molecule has 0 atom stereocenters. The minimum Gasteiger partial charge on any atom is -0.370 e. The van der Waals surface area contributed by atoms with E-state index in [0.29, 0.717) is 5.96 Å². The molecule has 0 unspecified atom stereocenters. The fourth-order valence-electron chi connectivity index (χ4n) is 1.33. The van der Waals surface area contributed by atoms with Crippen molar-refractivity contribution in [2.75, 3.05) is 5.32 Å². The molecule has 3 N–H and O–H groups in total. The van der Waals surface area contributed by atoms with Gasteiger partial charge in [0.25, 0.3) is 0 Å². The molecule has 1 rings (SSSR count). The fraction of sp³-hybridized carbons (Fsp3) is 0.417. The van der Waals surface area contributed by atoms with E-state index in [4.69, 9.17) is 5.73 Å². The Labute approximate surface area is 104 Å². The second-order valence-corrected chi connectivity index (χ2v) is 3.98. The summed E-state index contributed by atoms with van der Waals surface area (Å²) in [4.78, 5) is 4.23. The fourth-order valence-corrected chi connectivity index (χ4v) is 1.33. The summed E-state index contributed by atoms with van der Waals surface area (Å²) in [6, 6.07) is 6.30. The molecule has 3 nitrogen and oxygen atoms in total. The summed E-state index contributed by atoms with van der Waals surface area (Å²) < 4.78 is 0. The molecule has 1 aromatic rings. The van der Waals surface area contributed by atoms with Crippen molar-refractivity contribution in [2.45, 2.75) is 33.7 Å². The van der Waals surface area contributed by atoms with Crippen molar-refractivity contribution >= 4 is 24.1 Å². The first kappa shape index (κ1) is 14.8. The van der Waals surface area contributed by atoms with Gasteiger partial charge in [0, 0.05) is 11.7 Å². The van der Waals surface area contributed by atoms with Gasteiger partial charge in [-0.15, -0.1) is 12.4 Å². The number of aliphatic imine (C=N–C) groups is 1. The highest BCUT2D eigenvalue weighted by Gasteiger charge is 2.01. The van der Waals surface area contributed by atoms with Gasteiger partial charge in [0.1, 0.15) is 0 Å². The maximum atomic E-state index is 5.76. The lowest BCUT2D eigenvalue weighted by molar-refractivity contribution is 0.833. The second kappa shape index (κ2) is 6.38. The molecule has 0 aliphatic carbocycles. The normalized spacial score (nSPS) is 11.2. The van der Waals surface area contributed by atoms with E-state index >= 15 is 0 Å². The molecule has 0 saturated carbocycles. The van der Waals surface area contributed by atoms with E-state index in [1.54, 1.807) is 0 Å². The lowest BCUT2D eigenvalue weighted by Gasteiger charge is -2.11. The van der Waals surface area contributed by atoms with Crippen LogP contribution < -0.4 is 11.1 Å². The van der Waals surface area contributed by atoms with E-state index in [1.165, 1.54) is 11.1 Å². The van der Waals surface area contributed by atoms with Crippen LogP contribution >= 0.6 is 12.4 Å². The molecule has 0 fully saturated rings. The van der Waals surface area contributed by atoms with Crippen molar-refractivity contribution in [2.24, 2.45) is 10.7 Å². The van der Waals surface area contributed by atoms with Gasteiger partial charge in [0.05, 0.1) is 0 Å². The lowest BCUT2D eigenvalue weighted by atomic mass is 10.1.